The van der Waals surface area contributed by atoms with Crippen molar-refractivity contribution in [2.45, 2.75) is 13.3 Å². The summed E-state index contributed by atoms with van der Waals surface area (Å²) >= 11 is 5.84. The first-order chi connectivity index (χ1) is 11.2. The van der Waals surface area contributed by atoms with E-state index in [2.05, 4.69) is 10.6 Å². The Balaban J connectivity index is 1.67. The van der Waals surface area contributed by atoms with Crippen molar-refractivity contribution in [3.05, 3.63) is 59.1 Å². The highest BCUT2D eigenvalue weighted by Gasteiger charge is 2.02. The van der Waals surface area contributed by atoms with Crippen molar-refractivity contribution < 1.29 is 9.53 Å². The lowest BCUT2D eigenvalue weighted by Crippen LogP contribution is -2.29. The zero-order valence-corrected chi connectivity index (χ0v) is 13.9. The number of rotatable bonds is 8. The van der Waals surface area contributed by atoms with Gasteiger partial charge in [0.1, 0.15) is 5.75 Å². The molecule has 2 aromatic rings. The van der Waals surface area contributed by atoms with Crippen molar-refractivity contribution in [1.82, 2.24) is 5.32 Å². The molecule has 0 aliphatic rings. The number of carbonyl (C=O) groups is 1. The van der Waals surface area contributed by atoms with Gasteiger partial charge in [-0.3, -0.25) is 4.79 Å². The fourth-order valence-corrected chi connectivity index (χ4v) is 2.22. The largest absolute Gasteiger partial charge is 0.494 e. The quantitative estimate of drug-likeness (QED) is 0.727. The van der Waals surface area contributed by atoms with E-state index in [9.17, 15) is 4.79 Å². The zero-order chi connectivity index (χ0) is 16.5. The van der Waals surface area contributed by atoms with E-state index in [1.54, 1.807) is 0 Å². The van der Waals surface area contributed by atoms with Crippen LogP contribution in [0.4, 0.5) is 5.69 Å². The highest BCUT2D eigenvalue weighted by atomic mass is 35.5. The van der Waals surface area contributed by atoms with Gasteiger partial charge in [0.05, 0.1) is 13.2 Å². The molecular weight excluding hydrogens is 312 g/mol. The molecule has 0 fully saturated rings. The predicted octanol–water partition coefficient (Wildman–Crippen LogP) is 3.51. The number of hydrogen-bond donors (Lipinski definition) is 2. The molecule has 122 valence electrons. The number of nitrogens with one attached hydrogen (secondary N) is 2. The second kappa shape index (κ2) is 9.18. The van der Waals surface area contributed by atoms with Crippen molar-refractivity contribution in [3.8, 4) is 5.75 Å². The molecule has 0 aliphatic carbocycles. The third kappa shape index (κ3) is 6.30. The average Bonchev–Trinajstić information content (AvgIpc) is 2.55. The Hall–Kier alpha value is -2.04. The molecule has 2 N–H and O–H groups in total. The number of halogens is 1. The van der Waals surface area contributed by atoms with Gasteiger partial charge in [-0.05, 0) is 61.9 Å². The summed E-state index contributed by atoms with van der Waals surface area (Å²) in [6.45, 7) is 3.58. The monoisotopic (exact) mass is 332 g/mol. The summed E-state index contributed by atoms with van der Waals surface area (Å²) in [4.78, 5) is 11.9. The highest BCUT2D eigenvalue weighted by Crippen LogP contribution is 2.15. The van der Waals surface area contributed by atoms with Crippen LogP contribution < -0.4 is 15.4 Å². The maximum atomic E-state index is 11.9. The first kappa shape index (κ1) is 17.3. The van der Waals surface area contributed by atoms with E-state index in [1.807, 2.05) is 55.5 Å². The van der Waals surface area contributed by atoms with Gasteiger partial charge in [0, 0.05) is 10.7 Å². The van der Waals surface area contributed by atoms with E-state index < -0.39 is 0 Å². The van der Waals surface area contributed by atoms with Gasteiger partial charge in [0.25, 0.3) is 0 Å². The van der Waals surface area contributed by atoms with Gasteiger partial charge >= 0.3 is 0 Å². The first-order valence-corrected chi connectivity index (χ1v) is 8.03. The van der Waals surface area contributed by atoms with Crippen LogP contribution >= 0.6 is 11.6 Å². The molecule has 0 spiro atoms. The maximum Gasteiger partial charge on any atom is 0.238 e. The summed E-state index contributed by atoms with van der Waals surface area (Å²) in [5, 5.41) is 6.71. The lowest BCUT2D eigenvalue weighted by atomic mass is 10.1. The average molecular weight is 333 g/mol. The third-order valence-corrected chi connectivity index (χ3v) is 3.49. The Labute approximate surface area is 141 Å². The van der Waals surface area contributed by atoms with Crippen LogP contribution in [-0.4, -0.2) is 25.6 Å². The first-order valence-electron chi connectivity index (χ1n) is 7.65. The van der Waals surface area contributed by atoms with Crippen LogP contribution in [0, 0.1) is 0 Å². The summed E-state index contributed by atoms with van der Waals surface area (Å²) in [5.41, 5.74) is 1.95. The summed E-state index contributed by atoms with van der Waals surface area (Å²) < 4.78 is 5.36. The molecule has 0 radical (unpaired) electrons. The van der Waals surface area contributed by atoms with Crippen molar-refractivity contribution in [1.29, 1.82) is 0 Å². The predicted molar refractivity (Wildman–Crippen MR) is 94.3 cm³/mol. The fourth-order valence-electron chi connectivity index (χ4n) is 2.09. The van der Waals surface area contributed by atoms with Crippen LogP contribution in [-0.2, 0) is 11.2 Å². The van der Waals surface area contributed by atoms with Crippen LogP contribution in [0.5, 0.6) is 5.75 Å². The van der Waals surface area contributed by atoms with Crippen molar-refractivity contribution in [2.24, 2.45) is 0 Å². The number of anilines is 1. The van der Waals surface area contributed by atoms with Gasteiger partial charge in [-0.1, -0.05) is 23.7 Å². The van der Waals surface area contributed by atoms with Crippen LogP contribution in [0.3, 0.4) is 0 Å². The minimum Gasteiger partial charge on any atom is -0.494 e. The molecule has 4 nitrogen and oxygen atoms in total. The van der Waals surface area contributed by atoms with Crippen LogP contribution in [0.2, 0.25) is 5.02 Å². The summed E-state index contributed by atoms with van der Waals surface area (Å²) in [7, 11) is 0. The van der Waals surface area contributed by atoms with Crippen molar-refractivity contribution in [3.63, 3.8) is 0 Å². The number of amides is 1. The number of ether oxygens (including phenoxy) is 1. The van der Waals surface area contributed by atoms with E-state index in [4.69, 9.17) is 16.3 Å². The van der Waals surface area contributed by atoms with Gasteiger partial charge in [0.15, 0.2) is 0 Å². The van der Waals surface area contributed by atoms with Crippen LogP contribution in [0.15, 0.2) is 48.5 Å². The van der Waals surface area contributed by atoms with E-state index >= 15 is 0 Å². The minimum atomic E-state index is -0.0646. The molecule has 5 heteroatoms. The zero-order valence-electron chi connectivity index (χ0n) is 13.1. The van der Waals surface area contributed by atoms with Crippen LogP contribution in [0.25, 0.3) is 0 Å². The van der Waals surface area contributed by atoms with Crippen molar-refractivity contribution >= 4 is 23.2 Å². The minimum absolute atomic E-state index is 0.0646. The van der Waals surface area contributed by atoms with Gasteiger partial charge in [-0.2, -0.15) is 0 Å². The molecular formula is C18H21ClN2O2. The SMILES string of the molecule is CCOc1ccc(NC(=O)CNCCc2ccc(Cl)cc2)cc1. The fraction of sp³-hybridized carbons (Fsp3) is 0.278. The molecule has 0 unspecified atom stereocenters. The van der Waals surface area contributed by atoms with E-state index in [0.717, 1.165) is 29.4 Å². The molecule has 0 saturated carbocycles. The molecule has 0 atom stereocenters. The second-order valence-electron chi connectivity index (χ2n) is 5.06. The van der Waals surface area contributed by atoms with Crippen molar-refractivity contribution in [2.75, 3.05) is 25.0 Å². The molecule has 2 aromatic carbocycles. The van der Waals surface area contributed by atoms with E-state index in [1.165, 1.54) is 5.56 Å². The summed E-state index contributed by atoms with van der Waals surface area (Å²) in [6, 6.07) is 15.1. The molecule has 0 saturated heterocycles. The molecule has 0 aromatic heterocycles. The maximum absolute atomic E-state index is 11.9. The second-order valence-corrected chi connectivity index (χ2v) is 5.50. The normalized spacial score (nSPS) is 10.3. The molecule has 1 amide bonds. The van der Waals surface area contributed by atoms with Gasteiger partial charge < -0.3 is 15.4 Å². The Morgan fingerprint density at radius 3 is 2.43 bits per heavy atom. The van der Waals surface area contributed by atoms with Gasteiger partial charge in [-0.15, -0.1) is 0 Å². The highest BCUT2D eigenvalue weighted by molar-refractivity contribution is 6.30. The smallest absolute Gasteiger partial charge is 0.238 e. The third-order valence-electron chi connectivity index (χ3n) is 3.24. The van der Waals surface area contributed by atoms with Crippen LogP contribution in [0.1, 0.15) is 12.5 Å². The molecule has 0 aliphatic heterocycles. The topological polar surface area (TPSA) is 50.4 Å². The lowest BCUT2D eigenvalue weighted by molar-refractivity contribution is -0.115. The Morgan fingerprint density at radius 1 is 1.09 bits per heavy atom. The number of carbonyl (C=O) groups excluding carboxylic acids is 1. The number of benzene rings is 2. The molecule has 2 rings (SSSR count). The van der Waals surface area contributed by atoms with E-state index in [0.29, 0.717) is 6.61 Å². The summed E-state index contributed by atoms with van der Waals surface area (Å²) in [5.74, 6) is 0.733. The lowest BCUT2D eigenvalue weighted by Gasteiger charge is -2.08. The van der Waals surface area contributed by atoms with Gasteiger partial charge in [0.2, 0.25) is 5.91 Å². The Kier molecular flexibility index (Phi) is 6.91. The van der Waals surface area contributed by atoms with E-state index in [-0.39, 0.29) is 12.5 Å². The Bertz CT molecular complexity index is 612. The van der Waals surface area contributed by atoms with Gasteiger partial charge in [-0.25, -0.2) is 0 Å². The molecule has 0 heterocycles. The standard InChI is InChI=1S/C18H21ClN2O2/c1-2-23-17-9-7-16(8-10-17)21-18(22)13-20-12-11-14-3-5-15(19)6-4-14/h3-10,20H,2,11-13H2,1H3,(H,21,22). The number of hydrogen-bond acceptors (Lipinski definition) is 3. The molecule has 23 heavy (non-hydrogen) atoms. The summed E-state index contributed by atoms with van der Waals surface area (Å²) in [6.07, 6.45) is 0.855. The Morgan fingerprint density at radius 2 is 1.78 bits per heavy atom. The molecule has 0 bridgehead atoms.